The Morgan fingerprint density at radius 1 is 1.18 bits per heavy atom. The molecule has 3 rings (SSSR count). The molecular formula is C20H19BrClF3N2O. The average Bonchev–Trinajstić information content (AvgIpc) is 2.63. The molecule has 0 radical (unpaired) electrons. The highest BCUT2D eigenvalue weighted by molar-refractivity contribution is 9.10. The molecule has 150 valence electrons. The molecule has 0 unspecified atom stereocenters. The third-order valence-corrected chi connectivity index (χ3v) is 5.63. The number of amides is 1. The van der Waals surface area contributed by atoms with Crippen molar-refractivity contribution in [1.29, 1.82) is 0 Å². The summed E-state index contributed by atoms with van der Waals surface area (Å²) in [5, 5.41) is 2.66. The summed E-state index contributed by atoms with van der Waals surface area (Å²) in [5.41, 5.74) is 0.349. The first-order chi connectivity index (χ1) is 13.2. The van der Waals surface area contributed by atoms with Gasteiger partial charge in [-0.1, -0.05) is 39.7 Å². The lowest BCUT2D eigenvalue weighted by molar-refractivity contribution is -0.137. The number of piperidine rings is 1. The molecule has 1 amide bonds. The van der Waals surface area contributed by atoms with Crippen LogP contribution in [0, 0.1) is 5.92 Å². The average molecular weight is 476 g/mol. The van der Waals surface area contributed by atoms with Gasteiger partial charge < -0.3 is 5.32 Å². The molecule has 0 saturated carbocycles. The van der Waals surface area contributed by atoms with Crippen LogP contribution in [0.4, 0.5) is 18.9 Å². The van der Waals surface area contributed by atoms with E-state index in [0.29, 0.717) is 12.8 Å². The zero-order valence-corrected chi connectivity index (χ0v) is 17.2. The van der Waals surface area contributed by atoms with Crippen molar-refractivity contribution >= 4 is 39.1 Å². The molecule has 0 bridgehead atoms. The second kappa shape index (κ2) is 8.84. The zero-order chi connectivity index (χ0) is 20.3. The summed E-state index contributed by atoms with van der Waals surface area (Å²) in [4.78, 5) is 14.8. The molecule has 0 spiro atoms. The van der Waals surface area contributed by atoms with E-state index in [1.807, 2.05) is 12.1 Å². The Kier molecular flexibility index (Phi) is 6.68. The number of nitrogens with zero attached hydrogens (tertiary/aromatic N) is 1. The monoisotopic (exact) mass is 474 g/mol. The Hall–Kier alpha value is -1.57. The first kappa shape index (κ1) is 21.1. The number of likely N-dealkylation sites (tertiary alicyclic amines) is 1. The van der Waals surface area contributed by atoms with Crippen molar-refractivity contribution in [3.63, 3.8) is 0 Å². The molecule has 3 nitrogen and oxygen atoms in total. The molecule has 28 heavy (non-hydrogen) atoms. The van der Waals surface area contributed by atoms with Gasteiger partial charge in [-0.15, -0.1) is 0 Å². The van der Waals surface area contributed by atoms with Gasteiger partial charge in [-0.05, 0) is 61.8 Å². The van der Waals surface area contributed by atoms with Gasteiger partial charge in [0.2, 0.25) is 5.91 Å². The van der Waals surface area contributed by atoms with Crippen molar-refractivity contribution < 1.29 is 18.0 Å². The van der Waals surface area contributed by atoms with Crippen LogP contribution in [0.5, 0.6) is 0 Å². The van der Waals surface area contributed by atoms with Crippen molar-refractivity contribution in [2.45, 2.75) is 25.6 Å². The van der Waals surface area contributed by atoms with Crippen molar-refractivity contribution in [3.8, 4) is 0 Å². The first-order valence-electron chi connectivity index (χ1n) is 8.87. The van der Waals surface area contributed by atoms with Gasteiger partial charge in [0.25, 0.3) is 0 Å². The minimum absolute atomic E-state index is 0.00180. The fraction of sp³-hybridized carbons (Fsp3) is 0.350. The number of hydrogen-bond acceptors (Lipinski definition) is 2. The smallest absolute Gasteiger partial charge is 0.325 e. The molecular weight excluding hydrogens is 457 g/mol. The van der Waals surface area contributed by atoms with Gasteiger partial charge in [-0.25, -0.2) is 0 Å². The van der Waals surface area contributed by atoms with Crippen LogP contribution >= 0.6 is 27.5 Å². The van der Waals surface area contributed by atoms with Crippen LogP contribution in [0.15, 0.2) is 46.9 Å². The highest BCUT2D eigenvalue weighted by atomic mass is 79.9. The summed E-state index contributed by atoms with van der Waals surface area (Å²) in [6, 6.07) is 11.0. The number of carbonyl (C=O) groups excluding carboxylic acids is 1. The molecule has 2 aromatic rings. The van der Waals surface area contributed by atoms with Gasteiger partial charge in [-0.2, -0.15) is 13.2 Å². The SMILES string of the molecule is O=C(Nc1cc(C(F)(F)F)ccc1Cl)C1CCN(Cc2cccc(Br)c2)CC1. The van der Waals surface area contributed by atoms with Gasteiger partial charge in [0.05, 0.1) is 16.3 Å². The van der Waals surface area contributed by atoms with Crippen LogP contribution in [0.25, 0.3) is 0 Å². The maximum atomic E-state index is 12.9. The Labute approximate surface area is 175 Å². The predicted octanol–water partition coefficient (Wildman–Crippen LogP) is 5.97. The zero-order valence-electron chi connectivity index (χ0n) is 14.9. The molecule has 1 aliphatic rings. The lowest BCUT2D eigenvalue weighted by atomic mass is 9.95. The largest absolute Gasteiger partial charge is 0.416 e. The van der Waals surface area contributed by atoms with Crippen LogP contribution in [0.1, 0.15) is 24.0 Å². The number of nitrogens with one attached hydrogen (secondary N) is 1. The molecule has 1 N–H and O–H groups in total. The second-order valence-corrected chi connectivity index (χ2v) is 8.18. The summed E-state index contributed by atoms with van der Waals surface area (Å²) in [6.45, 7) is 2.30. The van der Waals surface area contributed by atoms with Crippen LogP contribution < -0.4 is 5.32 Å². The minimum Gasteiger partial charge on any atom is -0.325 e. The summed E-state index contributed by atoms with van der Waals surface area (Å²) in [6.07, 6.45) is -3.19. The van der Waals surface area contributed by atoms with Gasteiger partial charge >= 0.3 is 6.18 Å². The quantitative estimate of drug-likeness (QED) is 0.591. The molecule has 1 saturated heterocycles. The van der Waals surface area contributed by atoms with E-state index in [9.17, 15) is 18.0 Å². The predicted molar refractivity (Wildman–Crippen MR) is 107 cm³/mol. The highest BCUT2D eigenvalue weighted by Gasteiger charge is 2.31. The number of halogens is 5. The number of hydrogen-bond donors (Lipinski definition) is 1. The van der Waals surface area contributed by atoms with E-state index in [0.717, 1.165) is 42.3 Å². The van der Waals surface area contributed by atoms with E-state index in [1.165, 1.54) is 5.56 Å². The molecule has 0 atom stereocenters. The molecule has 1 aliphatic heterocycles. The second-order valence-electron chi connectivity index (χ2n) is 6.86. The molecule has 0 aliphatic carbocycles. The van der Waals surface area contributed by atoms with Gasteiger partial charge in [0.15, 0.2) is 0 Å². The van der Waals surface area contributed by atoms with E-state index in [4.69, 9.17) is 11.6 Å². The lowest BCUT2D eigenvalue weighted by Gasteiger charge is -2.31. The number of carbonyl (C=O) groups is 1. The van der Waals surface area contributed by atoms with E-state index in [2.05, 4.69) is 38.3 Å². The molecule has 1 heterocycles. The van der Waals surface area contributed by atoms with E-state index < -0.39 is 11.7 Å². The third kappa shape index (κ3) is 5.49. The molecule has 2 aromatic carbocycles. The summed E-state index contributed by atoms with van der Waals surface area (Å²) < 4.78 is 39.6. The lowest BCUT2D eigenvalue weighted by Crippen LogP contribution is -2.37. The minimum atomic E-state index is -4.48. The summed E-state index contributed by atoms with van der Waals surface area (Å²) in [5.74, 6) is -0.535. The Morgan fingerprint density at radius 3 is 2.54 bits per heavy atom. The van der Waals surface area contributed by atoms with Crippen molar-refractivity contribution in [2.24, 2.45) is 5.92 Å². The Morgan fingerprint density at radius 2 is 1.89 bits per heavy atom. The van der Waals surface area contributed by atoms with Crippen LogP contribution in [0.3, 0.4) is 0 Å². The van der Waals surface area contributed by atoms with Gasteiger partial charge in [-0.3, -0.25) is 9.69 Å². The van der Waals surface area contributed by atoms with E-state index >= 15 is 0 Å². The van der Waals surface area contributed by atoms with Crippen LogP contribution in [-0.4, -0.2) is 23.9 Å². The number of benzene rings is 2. The number of rotatable bonds is 4. The van der Waals surface area contributed by atoms with Crippen molar-refractivity contribution in [1.82, 2.24) is 4.90 Å². The van der Waals surface area contributed by atoms with Crippen molar-refractivity contribution in [2.75, 3.05) is 18.4 Å². The van der Waals surface area contributed by atoms with Crippen molar-refractivity contribution in [3.05, 3.63) is 63.1 Å². The van der Waals surface area contributed by atoms with Crippen LogP contribution in [-0.2, 0) is 17.5 Å². The van der Waals surface area contributed by atoms with E-state index in [1.54, 1.807) is 0 Å². The molecule has 8 heteroatoms. The van der Waals surface area contributed by atoms with Gasteiger partial charge in [0, 0.05) is 16.9 Å². The fourth-order valence-corrected chi connectivity index (χ4v) is 3.89. The maximum Gasteiger partial charge on any atom is 0.416 e. The normalized spacial score (nSPS) is 16.2. The summed E-state index contributed by atoms with van der Waals surface area (Å²) >= 11 is 9.42. The molecule has 0 aromatic heterocycles. The Balaban J connectivity index is 1.57. The summed E-state index contributed by atoms with van der Waals surface area (Å²) in [7, 11) is 0. The highest BCUT2D eigenvalue weighted by Crippen LogP contribution is 2.34. The van der Waals surface area contributed by atoms with Crippen LogP contribution in [0.2, 0.25) is 5.02 Å². The Bertz CT molecular complexity index is 852. The maximum absolute atomic E-state index is 12.9. The third-order valence-electron chi connectivity index (χ3n) is 4.81. The number of alkyl halides is 3. The molecule has 1 fully saturated rings. The topological polar surface area (TPSA) is 32.3 Å². The standard InChI is InChI=1S/C20H19BrClF3N2O/c21-16-3-1-2-13(10-16)12-27-8-6-14(7-9-27)19(28)26-18-11-15(20(23,24)25)4-5-17(18)22/h1-5,10-11,14H,6-9,12H2,(H,26,28). The van der Waals surface area contributed by atoms with E-state index in [-0.39, 0.29) is 22.5 Å². The first-order valence-corrected chi connectivity index (χ1v) is 10.0. The number of anilines is 1. The fourth-order valence-electron chi connectivity index (χ4n) is 3.28. The van der Waals surface area contributed by atoms with Gasteiger partial charge in [0.1, 0.15) is 0 Å².